The van der Waals surface area contributed by atoms with Gasteiger partial charge in [-0.1, -0.05) is 13.8 Å². The lowest BCUT2D eigenvalue weighted by Gasteiger charge is -2.08. The fourth-order valence-corrected chi connectivity index (χ4v) is 1.04. The molecule has 0 aliphatic rings. The standard InChI is InChI=1S/C9H13N3/c1-7(2)8(5-10)9-3-4-11-6-12-9/h3-7H,10H2,1-2H3/b8-5-. The van der Waals surface area contributed by atoms with Gasteiger partial charge in [0, 0.05) is 6.20 Å². The first-order valence-electron chi connectivity index (χ1n) is 3.94. The first-order valence-corrected chi connectivity index (χ1v) is 3.94. The van der Waals surface area contributed by atoms with E-state index < -0.39 is 0 Å². The molecule has 0 bridgehead atoms. The molecule has 0 aliphatic carbocycles. The predicted molar refractivity (Wildman–Crippen MR) is 49.0 cm³/mol. The van der Waals surface area contributed by atoms with Gasteiger partial charge in [-0.15, -0.1) is 0 Å². The Kier molecular flexibility index (Phi) is 2.80. The van der Waals surface area contributed by atoms with E-state index in [0.29, 0.717) is 5.92 Å². The summed E-state index contributed by atoms with van der Waals surface area (Å²) in [5, 5.41) is 0. The van der Waals surface area contributed by atoms with Gasteiger partial charge in [-0.25, -0.2) is 9.97 Å². The van der Waals surface area contributed by atoms with Gasteiger partial charge in [-0.2, -0.15) is 0 Å². The minimum absolute atomic E-state index is 0.393. The molecule has 64 valence electrons. The van der Waals surface area contributed by atoms with Gasteiger partial charge in [0.25, 0.3) is 0 Å². The van der Waals surface area contributed by atoms with Gasteiger partial charge in [-0.3, -0.25) is 0 Å². The van der Waals surface area contributed by atoms with E-state index in [-0.39, 0.29) is 0 Å². The van der Waals surface area contributed by atoms with Gasteiger partial charge in [0.15, 0.2) is 0 Å². The fourth-order valence-electron chi connectivity index (χ4n) is 1.04. The van der Waals surface area contributed by atoms with Crippen molar-refractivity contribution in [1.29, 1.82) is 0 Å². The van der Waals surface area contributed by atoms with E-state index in [4.69, 9.17) is 5.73 Å². The van der Waals surface area contributed by atoms with Crippen molar-refractivity contribution >= 4 is 5.57 Å². The number of nitrogens with two attached hydrogens (primary N) is 1. The SMILES string of the molecule is CC(C)/C(=C/N)c1ccncn1. The van der Waals surface area contributed by atoms with Crippen molar-refractivity contribution in [2.45, 2.75) is 13.8 Å². The van der Waals surface area contributed by atoms with Crippen molar-refractivity contribution in [3.05, 3.63) is 30.5 Å². The van der Waals surface area contributed by atoms with E-state index in [1.807, 2.05) is 6.07 Å². The van der Waals surface area contributed by atoms with Crippen LogP contribution in [-0.4, -0.2) is 9.97 Å². The molecule has 0 spiro atoms. The first-order chi connectivity index (χ1) is 5.75. The van der Waals surface area contributed by atoms with E-state index in [0.717, 1.165) is 11.3 Å². The van der Waals surface area contributed by atoms with Crippen molar-refractivity contribution in [3.8, 4) is 0 Å². The molecule has 3 heteroatoms. The van der Waals surface area contributed by atoms with Crippen LogP contribution in [0.25, 0.3) is 5.57 Å². The van der Waals surface area contributed by atoms with Crippen LogP contribution in [-0.2, 0) is 0 Å². The van der Waals surface area contributed by atoms with Crippen LogP contribution in [0.2, 0.25) is 0 Å². The summed E-state index contributed by atoms with van der Waals surface area (Å²) in [6.07, 6.45) is 4.85. The average molecular weight is 163 g/mol. The van der Waals surface area contributed by atoms with Crippen molar-refractivity contribution < 1.29 is 0 Å². The normalized spacial score (nSPS) is 12.1. The van der Waals surface area contributed by atoms with Gasteiger partial charge in [0.1, 0.15) is 6.33 Å². The molecule has 0 saturated heterocycles. The van der Waals surface area contributed by atoms with Crippen LogP contribution in [0.1, 0.15) is 19.5 Å². The highest BCUT2D eigenvalue weighted by Gasteiger charge is 2.05. The van der Waals surface area contributed by atoms with Gasteiger partial charge < -0.3 is 5.73 Å². The molecule has 0 fully saturated rings. The highest BCUT2D eigenvalue weighted by atomic mass is 14.8. The van der Waals surface area contributed by atoms with Crippen molar-refractivity contribution in [3.63, 3.8) is 0 Å². The number of rotatable bonds is 2. The molecule has 3 nitrogen and oxygen atoms in total. The van der Waals surface area contributed by atoms with Crippen LogP contribution in [0, 0.1) is 5.92 Å². The maximum atomic E-state index is 5.48. The molecule has 12 heavy (non-hydrogen) atoms. The quantitative estimate of drug-likeness (QED) is 0.717. The van der Waals surface area contributed by atoms with Crippen LogP contribution < -0.4 is 5.73 Å². The van der Waals surface area contributed by atoms with Crippen molar-refractivity contribution in [2.24, 2.45) is 11.7 Å². The van der Waals surface area contributed by atoms with E-state index >= 15 is 0 Å². The fraction of sp³-hybridized carbons (Fsp3) is 0.333. The Balaban J connectivity index is 2.97. The topological polar surface area (TPSA) is 51.8 Å². The van der Waals surface area contributed by atoms with Crippen LogP contribution >= 0.6 is 0 Å². The molecule has 0 aliphatic heterocycles. The van der Waals surface area contributed by atoms with Crippen molar-refractivity contribution in [1.82, 2.24) is 9.97 Å². The lowest BCUT2D eigenvalue weighted by atomic mass is 10.0. The molecule has 1 heterocycles. The average Bonchev–Trinajstić information content (AvgIpc) is 2.07. The van der Waals surface area contributed by atoms with Gasteiger partial charge in [0.05, 0.1) is 5.69 Å². The maximum absolute atomic E-state index is 5.48. The number of aromatic nitrogens is 2. The minimum Gasteiger partial charge on any atom is -0.404 e. The van der Waals surface area contributed by atoms with Gasteiger partial charge >= 0.3 is 0 Å². The molecule has 0 radical (unpaired) electrons. The van der Waals surface area contributed by atoms with Crippen LogP contribution in [0.15, 0.2) is 24.8 Å². The third-order valence-electron chi connectivity index (χ3n) is 1.68. The summed E-state index contributed by atoms with van der Waals surface area (Å²) in [6.45, 7) is 4.17. The Bertz CT molecular complexity index is 264. The molecule has 0 saturated carbocycles. The Labute approximate surface area is 72.3 Å². The largest absolute Gasteiger partial charge is 0.404 e. The van der Waals surface area contributed by atoms with Crippen LogP contribution in [0.4, 0.5) is 0 Å². The molecule has 1 aromatic heterocycles. The third-order valence-corrected chi connectivity index (χ3v) is 1.68. The van der Waals surface area contributed by atoms with E-state index in [9.17, 15) is 0 Å². The number of hydrogen-bond donors (Lipinski definition) is 1. The van der Waals surface area contributed by atoms with E-state index in [2.05, 4.69) is 23.8 Å². The molecular weight excluding hydrogens is 150 g/mol. The van der Waals surface area contributed by atoms with Crippen LogP contribution in [0.5, 0.6) is 0 Å². The molecule has 0 unspecified atom stereocenters. The molecule has 1 aromatic rings. The molecule has 0 amide bonds. The maximum Gasteiger partial charge on any atom is 0.116 e. The minimum atomic E-state index is 0.393. The second kappa shape index (κ2) is 3.85. The first kappa shape index (κ1) is 8.71. The summed E-state index contributed by atoms with van der Waals surface area (Å²) >= 11 is 0. The second-order valence-electron chi connectivity index (χ2n) is 2.87. The Hall–Kier alpha value is -1.38. The zero-order valence-corrected chi connectivity index (χ0v) is 7.36. The highest BCUT2D eigenvalue weighted by molar-refractivity contribution is 5.62. The third kappa shape index (κ3) is 1.81. The summed E-state index contributed by atoms with van der Waals surface area (Å²) in [5.74, 6) is 0.393. The Morgan fingerprint density at radius 3 is 2.75 bits per heavy atom. The predicted octanol–water partition coefficient (Wildman–Crippen LogP) is 1.43. The molecular formula is C9H13N3. The lowest BCUT2D eigenvalue weighted by Crippen LogP contribution is -1.99. The lowest BCUT2D eigenvalue weighted by molar-refractivity contribution is 0.844. The number of hydrogen-bond acceptors (Lipinski definition) is 3. The Morgan fingerprint density at radius 1 is 1.58 bits per heavy atom. The molecule has 1 rings (SSSR count). The highest BCUT2D eigenvalue weighted by Crippen LogP contribution is 2.18. The summed E-state index contributed by atoms with van der Waals surface area (Å²) in [6, 6.07) is 1.86. The summed E-state index contributed by atoms with van der Waals surface area (Å²) in [5.41, 5.74) is 7.44. The smallest absolute Gasteiger partial charge is 0.116 e. The molecule has 2 N–H and O–H groups in total. The zero-order chi connectivity index (χ0) is 8.97. The van der Waals surface area contributed by atoms with Gasteiger partial charge in [0.2, 0.25) is 0 Å². The molecule has 0 atom stereocenters. The summed E-state index contributed by atoms with van der Waals surface area (Å²) in [7, 11) is 0. The number of nitrogens with zero attached hydrogens (tertiary/aromatic N) is 2. The van der Waals surface area contributed by atoms with Crippen LogP contribution in [0.3, 0.4) is 0 Å². The van der Waals surface area contributed by atoms with E-state index in [1.165, 1.54) is 6.33 Å². The number of allylic oxidation sites excluding steroid dienone is 1. The monoisotopic (exact) mass is 163 g/mol. The van der Waals surface area contributed by atoms with Gasteiger partial charge in [-0.05, 0) is 23.8 Å². The van der Waals surface area contributed by atoms with Crippen molar-refractivity contribution in [2.75, 3.05) is 0 Å². The molecule has 0 aromatic carbocycles. The zero-order valence-electron chi connectivity index (χ0n) is 7.36. The van der Waals surface area contributed by atoms with E-state index in [1.54, 1.807) is 12.4 Å². The Morgan fingerprint density at radius 2 is 2.33 bits per heavy atom. The summed E-state index contributed by atoms with van der Waals surface area (Å²) in [4.78, 5) is 7.95. The second-order valence-corrected chi connectivity index (χ2v) is 2.87. The summed E-state index contributed by atoms with van der Waals surface area (Å²) < 4.78 is 0.